The molecule has 0 N–H and O–H groups in total. The molecule has 0 aliphatic heterocycles. The van der Waals surface area contributed by atoms with E-state index in [0.29, 0.717) is 0 Å². The number of benzene rings is 1. The third-order valence-corrected chi connectivity index (χ3v) is 1.95. The average molecular weight is 266 g/mol. The number of nitriles is 1. The summed E-state index contributed by atoms with van der Waals surface area (Å²) < 4.78 is 44.2. The van der Waals surface area contributed by atoms with Gasteiger partial charge in [0, 0.05) is 6.07 Å². The average Bonchev–Trinajstić information content (AvgIpc) is 2.23. The number of nitrogens with zero attached hydrogens (tertiary/aromatic N) is 1. The Morgan fingerprint density at radius 3 is 2.59 bits per heavy atom. The Labute approximate surface area is 100 Å². The standard InChI is InChI=1S/C10H7ClF3NO2/c11-9-3-8(2-1-7(9)4-15)17-6-16-5-10(12,13)14/h1-3H,5-6H2. The van der Waals surface area contributed by atoms with Crippen molar-refractivity contribution in [1.82, 2.24) is 0 Å². The number of ether oxygens (including phenoxy) is 2. The van der Waals surface area contributed by atoms with Crippen molar-refractivity contribution in [2.24, 2.45) is 0 Å². The molecule has 0 spiro atoms. The van der Waals surface area contributed by atoms with Gasteiger partial charge in [0.2, 0.25) is 0 Å². The van der Waals surface area contributed by atoms with Gasteiger partial charge in [-0.05, 0) is 12.1 Å². The van der Waals surface area contributed by atoms with E-state index in [-0.39, 0.29) is 16.3 Å². The zero-order valence-electron chi connectivity index (χ0n) is 8.42. The van der Waals surface area contributed by atoms with Gasteiger partial charge in [0.25, 0.3) is 0 Å². The number of rotatable bonds is 4. The minimum atomic E-state index is -4.38. The zero-order valence-corrected chi connectivity index (χ0v) is 9.18. The molecular weight excluding hydrogens is 259 g/mol. The van der Waals surface area contributed by atoms with E-state index < -0.39 is 19.6 Å². The molecule has 0 aromatic heterocycles. The Morgan fingerprint density at radius 1 is 1.35 bits per heavy atom. The van der Waals surface area contributed by atoms with E-state index in [1.807, 2.05) is 6.07 Å². The van der Waals surface area contributed by atoms with Crippen LogP contribution >= 0.6 is 11.6 Å². The van der Waals surface area contributed by atoms with Gasteiger partial charge in [0.15, 0.2) is 6.79 Å². The van der Waals surface area contributed by atoms with Crippen LogP contribution in [0.15, 0.2) is 18.2 Å². The predicted molar refractivity (Wildman–Crippen MR) is 53.7 cm³/mol. The van der Waals surface area contributed by atoms with E-state index in [1.165, 1.54) is 18.2 Å². The van der Waals surface area contributed by atoms with Crippen LogP contribution in [0.1, 0.15) is 5.56 Å². The number of halogens is 4. The lowest BCUT2D eigenvalue weighted by molar-refractivity contribution is -0.186. The highest BCUT2D eigenvalue weighted by molar-refractivity contribution is 6.31. The van der Waals surface area contributed by atoms with Crippen LogP contribution in [-0.4, -0.2) is 19.6 Å². The van der Waals surface area contributed by atoms with Gasteiger partial charge in [0.05, 0.1) is 10.6 Å². The van der Waals surface area contributed by atoms with Gasteiger partial charge in [-0.15, -0.1) is 0 Å². The highest BCUT2D eigenvalue weighted by Crippen LogP contribution is 2.22. The van der Waals surface area contributed by atoms with Crippen LogP contribution in [-0.2, 0) is 4.74 Å². The van der Waals surface area contributed by atoms with Gasteiger partial charge >= 0.3 is 6.18 Å². The van der Waals surface area contributed by atoms with E-state index in [1.54, 1.807) is 0 Å². The first-order valence-electron chi connectivity index (χ1n) is 4.39. The van der Waals surface area contributed by atoms with Gasteiger partial charge in [-0.2, -0.15) is 18.4 Å². The topological polar surface area (TPSA) is 42.2 Å². The van der Waals surface area contributed by atoms with Crippen LogP contribution in [0.3, 0.4) is 0 Å². The summed E-state index contributed by atoms with van der Waals surface area (Å²) >= 11 is 5.69. The summed E-state index contributed by atoms with van der Waals surface area (Å²) in [5.74, 6) is 0.233. The fourth-order valence-electron chi connectivity index (χ4n) is 0.943. The van der Waals surface area contributed by atoms with Crippen molar-refractivity contribution in [3.05, 3.63) is 28.8 Å². The number of alkyl halides is 3. The van der Waals surface area contributed by atoms with Crippen molar-refractivity contribution < 1.29 is 22.6 Å². The molecule has 7 heteroatoms. The molecule has 0 heterocycles. The van der Waals surface area contributed by atoms with Gasteiger partial charge in [-0.3, -0.25) is 0 Å². The molecule has 0 aliphatic rings. The summed E-state index contributed by atoms with van der Waals surface area (Å²) in [6.07, 6.45) is -4.38. The Balaban J connectivity index is 2.43. The van der Waals surface area contributed by atoms with Crippen LogP contribution in [0.25, 0.3) is 0 Å². The molecule has 1 rings (SSSR count). The molecule has 0 atom stereocenters. The highest BCUT2D eigenvalue weighted by atomic mass is 35.5. The molecule has 0 amide bonds. The van der Waals surface area contributed by atoms with Crippen molar-refractivity contribution >= 4 is 11.6 Å². The quantitative estimate of drug-likeness (QED) is 0.620. The predicted octanol–water partition coefficient (Wildman–Crippen LogP) is 3.13. The molecule has 92 valence electrons. The molecule has 1 aromatic rings. The molecular formula is C10H7ClF3NO2. The summed E-state index contributed by atoms with van der Waals surface area (Å²) in [7, 11) is 0. The van der Waals surface area contributed by atoms with Crippen LogP contribution in [0, 0.1) is 11.3 Å². The minimum absolute atomic E-state index is 0.167. The first kappa shape index (κ1) is 13.6. The smallest absolute Gasteiger partial charge is 0.411 e. The largest absolute Gasteiger partial charge is 0.467 e. The summed E-state index contributed by atoms with van der Waals surface area (Å²) in [5, 5.41) is 8.76. The maximum atomic E-state index is 11.7. The van der Waals surface area contributed by atoms with Crippen LogP contribution < -0.4 is 4.74 Å². The van der Waals surface area contributed by atoms with Crippen molar-refractivity contribution in [2.75, 3.05) is 13.4 Å². The number of hydrogen-bond donors (Lipinski definition) is 0. The molecule has 0 unspecified atom stereocenters. The fourth-order valence-corrected chi connectivity index (χ4v) is 1.16. The Bertz CT molecular complexity index is 429. The monoisotopic (exact) mass is 265 g/mol. The second-order valence-corrected chi connectivity index (χ2v) is 3.39. The molecule has 0 aliphatic carbocycles. The van der Waals surface area contributed by atoms with Gasteiger partial charge in [-0.25, -0.2) is 0 Å². The van der Waals surface area contributed by atoms with Crippen molar-refractivity contribution in [2.45, 2.75) is 6.18 Å². The lowest BCUT2D eigenvalue weighted by atomic mass is 10.2. The summed E-state index contributed by atoms with van der Waals surface area (Å²) in [4.78, 5) is 0. The van der Waals surface area contributed by atoms with Gasteiger partial charge in [0.1, 0.15) is 18.4 Å². The molecule has 1 aromatic carbocycles. The van der Waals surface area contributed by atoms with E-state index >= 15 is 0 Å². The molecule has 0 radical (unpaired) electrons. The molecule has 0 fully saturated rings. The van der Waals surface area contributed by atoms with Crippen LogP contribution in [0.2, 0.25) is 5.02 Å². The Morgan fingerprint density at radius 2 is 2.06 bits per heavy atom. The summed E-state index contributed by atoms with van der Waals surface area (Å²) in [6, 6.07) is 5.99. The van der Waals surface area contributed by atoms with Crippen LogP contribution in [0.4, 0.5) is 13.2 Å². The molecule has 3 nitrogen and oxygen atoms in total. The second kappa shape index (κ2) is 5.75. The van der Waals surface area contributed by atoms with E-state index in [9.17, 15) is 13.2 Å². The van der Waals surface area contributed by atoms with Crippen molar-refractivity contribution in [3.63, 3.8) is 0 Å². The van der Waals surface area contributed by atoms with Gasteiger partial charge < -0.3 is 9.47 Å². The molecule has 0 saturated carbocycles. The second-order valence-electron chi connectivity index (χ2n) is 2.98. The van der Waals surface area contributed by atoms with Crippen molar-refractivity contribution in [1.29, 1.82) is 5.26 Å². The van der Waals surface area contributed by atoms with Crippen molar-refractivity contribution in [3.8, 4) is 11.8 Å². The first-order chi connectivity index (χ1) is 7.92. The highest BCUT2D eigenvalue weighted by Gasteiger charge is 2.27. The maximum Gasteiger partial charge on any atom is 0.411 e. The molecule has 0 saturated heterocycles. The van der Waals surface area contributed by atoms with Gasteiger partial charge in [-0.1, -0.05) is 11.6 Å². The third-order valence-electron chi connectivity index (χ3n) is 1.64. The minimum Gasteiger partial charge on any atom is -0.467 e. The fraction of sp³-hybridized carbons (Fsp3) is 0.300. The van der Waals surface area contributed by atoms with E-state index in [0.717, 1.165) is 0 Å². The zero-order chi connectivity index (χ0) is 12.9. The molecule has 0 bridgehead atoms. The summed E-state index contributed by atoms with van der Waals surface area (Å²) in [5.41, 5.74) is 0.259. The summed E-state index contributed by atoms with van der Waals surface area (Å²) in [6.45, 7) is -1.92. The van der Waals surface area contributed by atoms with E-state index in [2.05, 4.69) is 4.74 Å². The lowest BCUT2D eigenvalue weighted by Crippen LogP contribution is -2.19. The lowest BCUT2D eigenvalue weighted by Gasteiger charge is -2.09. The van der Waals surface area contributed by atoms with E-state index in [4.69, 9.17) is 21.6 Å². The maximum absolute atomic E-state index is 11.7. The SMILES string of the molecule is N#Cc1ccc(OCOCC(F)(F)F)cc1Cl. The first-order valence-corrected chi connectivity index (χ1v) is 4.77. The Kier molecular flexibility index (Phi) is 4.61. The Hall–Kier alpha value is -1.45. The van der Waals surface area contributed by atoms with Crippen LogP contribution in [0.5, 0.6) is 5.75 Å². The number of hydrogen-bond acceptors (Lipinski definition) is 3. The normalized spacial score (nSPS) is 11.0. The molecule has 17 heavy (non-hydrogen) atoms. The third kappa shape index (κ3) is 4.93.